The molecule has 1 amide bonds. The van der Waals surface area contributed by atoms with Gasteiger partial charge in [0.25, 0.3) is 5.91 Å². The summed E-state index contributed by atoms with van der Waals surface area (Å²) >= 11 is 2.32. The van der Waals surface area contributed by atoms with Gasteiger partial charge in [-0.3, -0.25) is 9.36 Å². The van der Waals surface area contributed by atoms with Gasteiger partial charge < -0.3 is 5.32 Å². The van der Waals surface area contributed by atoms with Crippen molar-refractivity contribution in [3.05, 3.63) is 77.5 Å². The van der Waals surface area contributed by atoms with Crippen molar-refractivity contribution in [2.45, 2.75) is 30.5 Å². The second-order valence-corrected chi connectivity index (χ2v) is 8.31. The van der Waals surface area contributed by atoms with Gasteiger partial charge in [0.2, 0.25) is 5.50 Å². The number of nitrogens with zero attached hydrogens (tertiary/aromatic N) is 3. The SMILES string of the molecule is CS/C=C(\C)c1nnc(SC(F)C(=O)Nc2ccccc2)n1C(C)c1ccccc1. The van der Waals surface area contributed by atoms with Crippen molar-refractivity contribution in [3.63, 3.8) is 0 Å². The molecule has 0 radical (unpaired) electrons. The van der Waals surface area contributed by atoms with Crippen LogP contribution in [0.1, 0.15) is 31.3 Å². The van der Waals surface area contributed by atoms with Crippen molar-refractivity contribution in [1.29, 1.82) is 0 Å². The summed E-state index contributed by atoms with van der Waals surface area (Å²) in [6.45, 7) is 3.95. The molecular weight excluding hydrogens is 419 g/mol. The molecule has 0 spiro atoms. The van der Waals surface area contributed by atoms with Gasteiger partial charge in [0.1, 0.15) is 0 Å². The maximum atomic E-state index is 14.8. The largest absolute Gasteiger partial charge is 0.323 e. The molecule has 0 fully saturated rings. The quantitative estimate of drug-likeness (QED) is 0.458. The number of carbonyl (C=O) groups excluding carboxylic acids is 1. The number of halogens is 1. The van der Waals surface area contributed by atoms with Crippen LogP contribution in [0.4, 0.5) is 10.1 Å². The summed E-state index contributed by atoms with van der Waals surface area (Å²) in [4.78, 5) is 12.3. The molecule has 1 N–H and O–H groups in total. The molecule has 5 nitrogen and oxygen atoms in total. The highest BCUT2D eigenvalue weighted by atomic mass is 32.2. The Morgan fingerprint density at radius 2 is 1.73 bits per heavy atom. The van der Waals surface area contributed by atoms with Gasteiger partial charge in [-0.1, -0.05) is 48.5 Å². The van der Waals surface area contributed by atoms with E-state index in [1.807, 2.05) is 66.5 Å². The third kappa shape index (κ3) is 5.31. The Bertz CT molecular complexity index is 1010. The Morgan fingerprint density at radius 1 is 1.10 bits per heavy atom. The average molecular weight is 443 g/mol. The van der Waals surface area contributed by atoms with E-state index in [2.05, 4.69) is 15.5 Å². The molecule has 2 atom stereocenters. The summed E-state index contributed by atoms with van der Waals surface area (Å²) in [7, 11) is 0. The molecule has 8 heteroatoms. The van der Waals surface area contributed by atoms with Gasteiger partial charge in [-0.15, -0.1) is 22.0 Å². The molecule has 156 valence electrons. The minimum Gasteiger partial charge on any atom is -0.323 e. The van der Waals surface area contributed by atoms with E-state index in [0.717, 1.165) is 22.9 Å². The minimum atomic E-state index is -1.83. The minimum absolute atomic E-state index is 0.131. The highest BCUT2D eigenvalue weighted by molar-refractivity contribution is 8.01. The zero-order valence-electron chi connectivity index (χ0n) is 16.9. The first kappa shape index (κ1) is 22.1. The van der Waals surface area contributed by atoms with Crippen LogP contribution in [0, 0.1) is 0 Å². The summed E-state index contributed by atoms with van der Waals surface area (Å²) in [6.07, 6.45) is 1.96. The molecule has 30 heavy (non-hydrogen) atoms. The van der Waals surface area contributed by atoms with Crippen LogP contribution in [-0.2, 0) is 4.79 Å². The molecule has 0 aliphatic heterocycles. The zero-order chi connectivity index (χ0) is 21.5. The summed E-state index contributed by atoms with van der Waals surface area (Å²) < 4.78 is 16.7. The van der Waals surface area contributed by atoms with E-state index < -0.39 is 11.4 Å². The third-order valence-electron chi connectivity index (χ3n) is 4.44. The van der Waals surface area contributed by atoms with E-state index in [-0.39, 0.29) is 6.04 Å². The predicted molar refractivity (Wildman–Crippen MR) is 123 cm³/mol. The van der Waals surface area contributed by atoms with Gasteiger partial charge >= 0.3 is 0 Å². The Kier molecular flexibility index (Phi) is 7.70. The van der Waals surface area contributed by atoms with E-state index in [4.69, 9.17) is 0 Å². The van der Waals surface area contributed by atoms with Gasteiger partial charge in [-0.25, -0.2) is 4.39 Å². The average Bonchev–Trinajstić information content (AvgIpc) is 3.18. The first-order valence-electron chi connectivity index (χ1n) is 9.37. The number of nitrogens with one attached hydrogen (secondary N) is 1. The lowest BCUT2D eigenvalue weighted by Gasteiger charge is -2.19. The highest BCUT2D eigenvalue weighted by Crippen LogP contribution is 2.32. The Balaban J connectivity index is 1.88. The van der Waals surface area contributed by atoms with Crippen molar-refractivity contribution in [3.8, 4) is 0 Å². The summed E-state index contributed by atoms with van der Waals surface area (Å²) in [5.41, 5.74) is 0.688. The lowest BCUT2D eigenvalue weighted by molar-refractivity contribution is -0.118. The van der Waals surface area contributed by atoms with E-state index >= 15 is 0 Å². The molecule has 2 aromatic carbocycles. The number of amides is 1. The van der Waals surface area contributed by atoms with Crippen LogP contribution in [0.25, 0.3) is 5.57 Å². The van der Waals surface area contributed by atoms with Crippen LogP contribution in [0.2, 0.25) is 0 Å². The first-order valence-corrected chi connectivity index (χ1v) is 11.5. The van der Waals surface area contributed by atoms with Crippen LogP contribution in [-0.4, -0.2) is 32.4 Å². The molecule has 2 unspecified atom stereocenters. The van der Waals surface area contributed by atoms with Crippen molar-refractivity contribution >= 4 is 40.7 Å². The van der Waals surface area contributed by atoms with Gasteiger partial charge in [0, 0.05) is 11.3 Å². The molecule has 3 aromatic rings. The molecule has 0 saturated heterocycles. The number of hydrogen-bond donors (Lipinski definition) is 1. The van der Waals surface area contributed by atoms with Crippen molar-refractivity contribution < 1.29 is 9.18 Å². The number of allylic oxidation sites excluding steroid dienone is 1. The summed E-state index contributed by atoms with van der Waals surface area (Å²) in [6, 6.07) is 18.6. The normalized spacial score (nSPS) is 13.7. The topological polar surface area (TPSA) is 59.8 Å². The number of aromatic nitrogens is 3. The number of para-hydroxylation sites is 1. The predicted octanol–water partition coefficient (Wildman–Crippen LogP) is 5.64. The molecule has 1 aromatic heterocycles. The summed E-state index contributed by atoms with van der Waals surface area (Å²) in [5.74, 6) is -0.0788. The maximum absolute atomic E-state index is 14.8. The van der Waals surface area contributed by atoms with Crippen molar-refractivity contribution in [1.82, 2.24) is 14.8 Å². The summed E-state index contributed by atoms with van der Waals surface area (Å²) in [5, 5.41) is 13.4. The lowest BCUT2D eigenvalue weighted by Crippen LogP contribution is -2.22. The number of rotatable bonds is 8. The molecule has 1 heterocycles. The van der Waals surface area contributed by atoms with Crippen molar-refractivity contribution in [2.75, 3.05) is 11.6 Å². The number of thioether (sulfide) groups is 2. The fourth-order valence-corrected chi connectivity index (χ4v) is 4.21. The monoisotopic (exact) mass is 442 g/mol. The van der Waals surface area contributed by atoms with Gasteiger partial charge in [-0.05, 0) is 55.0 Å². The maximum Gasteiger partial charge on any atom is 0.269 e. The van der Waals surface area contributed by atoms with Crippen LogP contribution < -0.4 is 5.32 Å². The highest BCUT2D eigenvalue weighted by Gasteiger charge is 2.26. The van der Waals surface area contributed by atoms with E-state index in [1.165, 1.54) is 0 Å². The molecule has 0 saturated carbocycles. The van der Waals surface area contributed by atoms with Gasteiger partial charge in [0.15, 0.2) is 11.0 Å². The number of anilines is 1. The number of carbonyl (C=O) groups is 1. The molecular formula is C22H23FN4OS2. The van der Waals surface area contributed by atoms with Crippen LogP contribution in [0.5, 0.6) is 0 Å². The number of benzene rings is 2. The van der Waals surface area contributed by atoms with Gasteiger partial charge in [-0.2, -0.15) is 0 Å². The van der Waals surface area contributed by atoms with Crippen LogP contribution in [0.15, 0.2) is 71.2 Å². The zero-order valence-corrected chi connectivity index (χ0v) is 18.6. The number of alkyl halides is 1. The molecule has 3 rings (SSSR count). The molecule has 0 aliphatic carbocycles. The molecule has 0 aliphatic rings. The third-order valence-corrected chi connectivity index (χ3v) is 5.94. The van der Waals surface area contributed by atoms with E-state index in [9.17, 15) is 9.18 Å². The Hall–Kier alpha value is -2.58. The van der Waals surface area contributed by atoms with Crippen molar-refractivity contribution in [2.24, 2.45) is 0 Å². The van der Waals surface area contributed by atoms with Crippen LogP contribution in [0.3, 0.4) is 0 Å². The van der Waals surface area contributed by atoms with E-state index in [1.54, 1.807) is 36.0 Å². The Morgan fingerprint density at radius 3 is 2.37 bits per heavy atom. The van der Waals surface area contributed by atoms with Crippen LogP contribution >= 0.6 is 23.5 Å². The molecule has 0 bridgehead atoms. The second-order valence-electron chi connectivity index (χ2n) is 6.59. The number of hydrogen-bond acceptors (Lipinski definition) is 5. The van der Waals surface area contributed by atoms with E-state index in [0.29, 0.717) is 16.7 Å². The fraction of sp³-hybridized carbons (Fsp3) is 0.227. The van der Waals surface area contributed by atoms with Gasteiger partial charge in [0.05, 0.1) is 6.04 Å². The second kappa shape index (κ2) is 10.4. The lowest BCUT2D eigenvalue weighted by atomic mass is 10.1. The smallest absolute Gasteiger partial charge is 0.269 e. The standard InChI is InChI=1S/C22H23FN4OS2/c1-15(14-29-3)20-25-26-22(27(20)16(2)17-10-6-4-7-11-17)30-19(23)21(28)24-18-12-8-5-9-13-18/h4-14,16,19H,1-3H3,(H,24,28)/b15-14+. The Labute approximate surface area is 184 Å². The first-order chi connectivity index (χ1) is 14.5. The fourth-order valence-electron chi connectivity index (χ4n) is 2.95.